The molecular formula is C18H22N4Si. The number of nitrogens with two attached hydrogens (primary N) is 1. The first-order valence-corrected chi connectivity index (χ1v) is 11.3. The van der Waals surface area contributed by atoms with Crippen molar-refractivity contribution in [3.05, 3.63) is 54.2 Å². The largest absolute Gasteiger partial charge is 0.326 e. The monoisotopic (exact) mass is 322 g/mol. The van der Waals surface area contributed by atoms with Crippen molar-refractivity contribution in [3.8, 4) is 0 Å². The molecule has 0 aliphatic carbocycles. The third-order valence-corrected chi connectivity index (χ3v) is 5.93. The zero-order chi connectivity index (χ0) is 16.4. The van der Waals surface area contributed by atoms with Crippen molar-refractivity contribution in [1.29, 1.82) is 0 Å². The van der Waals surface area contributed by atoms with Crippen molar-refractivity contribution < 1.29 is 0 Å². The van der Waals surface area contributed by atoms with E-state index in [1.165, 1.54) is 5.19 Å². The molecule has 0 fully saturated rings. The van der Waals surface area contributed by atoms with Crippen molar-refractivity contribution in [2.45, 2.75) is 26.2 Å². The number of hydrogen-bond acceptors (Lipinski definition) is 4. The van der Waals surface area contributed by atoms with Gasteiger partial charge in [-0.25, -0.2) is 9.97 Å². The minimum atomic E-state index is -1.32. The highest BCUT2D eigenvalue weighted by atomic mass is 28.3. The van der Waals surface area contributed by atoms with E-state index in [2.05, 4.69) is 53.1 Å². The average Bonchev–Trinajstić information content (AvgIpc) is 2.54. The standard InChI is InChI=1S/C18H22N4Si/c1-23(2,3)16-8-9-17-14(10-16)12-20-18(22-17)21-15-6-4-13(11-19)5-7-15/h4-10,12H,11,19H2,1-3H3,(H,20,21,22). The molecule has 1 heterocycles. The normalized spacial score (nSPS) is 11.7. The quantitative estimate of drug-likeness (QED) is 0.723. The van der Waals surface area contributed by atoms with E-state index in [-0.39, 0.29) is 0 Å². The summed E-state index contributed by atoms with van der Waals surface area (Å²) in [7, 11) is -1.32. The maximum absolute atomic E-state index is 5.62. The maximum atomic E-state index is 5.62. The van der Waals surface area contributed by atoms with Crippen molar-refractivity contribution in [2.24, 2.45) is 5.73 Å². The second kappa shape index (κ2) is 6.10. The molecule has 2 aromatic carbocycles. The van der Waals surface area contributed by atoms with E-state index in [9.17, 15) is 0 Å². The third kappa shape index (κ3) is 3.57. The Kier molecular flexibility index (Phi) is 4.15. The number of rotatable bonds is 4. The molecule has 5 heteroatoms. The van der Waals surface area contributed by atoms with Gasteiger partial charge in [-0.1, -0.05) is 49.1 Å². The Morgan fingerprint density at radius 2 is 1.78 bits per heavy atom. The second-order valence-electron chi connectivity index (χ2n) is 6.74. The first kappa shape index (κ1) is 15.6. The lowest BCUT2D eigenvalue weighted by molar-refractivity contribution is 1.07. The molecule has 3 aromatic rings. The molecule has 0 amide bonds. The van der Waals surface area contributed by atoms with E-state index in [1.807, 2.05) is 30.5 Å². The van der Waals surface area contributed by atoms with Gasteiger partial charge in [0.25, 0.3) is 0 Å². The fraction of sp³-hybridized carbons (Fsp3) is 0.222. The highest BCUT2D eigenvalue weighted by molar-refractivity contribution is 6.88. The van der Waals surface area contributed by atoms with Crippen LogP contribution < -0.4 is 16.2 Å². The summed E-state index contributed by atoms with van der Waals surface area (Å²) in [5.74, 6) is 0.610. The lowest BCUT2D eigenvalue weighted by atomic mass is 10.2. The van der Waals surface area contributed by atoms with Gasteiger partial charge in [-0.15, -0.1) is 0 Å². The summed E-state index contributed by atoms with van der Waals surface area (Å²) >= 11 is 0. The van der Waals surface area contributed by atoms with Crippen molar-refractivity contribution in [3.63, 3.8) is 0 Å². The van der Waals surface area contributed by atoms with Gasteiger partial charge in [0, 0.05) is 23.8 Å². The molecule has 0 bridgehead atoms. The molecule has 23 heavy (non-hydrogen) atoms. The Balaban J connectivity index is 1.87. The van der Waals surface area contributed by atoms with Gasteiger partial charge in [0.2, 0.25) is 5.95 Å². The van der Waals surface area contributed by atoms with Crippen LogP contribution in [0.25, 0.3) is 10.9 Å². The van der Waals surface area contributed by atoms with Crippen LogP contribution in [-0.4, -0.2) is 18.0 Å². The van der Waals surface area contributed by atoms with Crippen LogP contribution in [0.2, 0.25) is 19.6 Å². The molecule has 0 spiro atoms. The number of nitrogens with zero attached hydrogens (tertiary/aromatic N) is 2. The van der Waals surface area contributed by atoms with E-state index < -0.39 is 8.07 Å². The minimum Gasteiger partial charge on any atom is -0.326 e. The first-order chi connectivity index (χ1) is 11.0. The van der Waals surface area contributed by atoms with Crippen LogP contribution in [-0.2, 0) is 6.54 Å². The molecule has 0 atom stereocenters. The highest BCUT2D eigenvalue weighted by Gasteiger charge is 2.16. The van der Waals surface area contributed by atoms with Crippen LogP contribution in [0, 0.1) is 0 Å². The van der Waals surface area contributed by atoms with Gasteiger partial charge in [-0.2, -0.15) is 0 Å². The molecule has 0 saturated carbocycles. The predicted molar refractivity (Wildman–Crippen MR) is 100 cm³/mol. The lowest BCUT2D eigenvalue weighted by Gasteiger charge is -2.17. The number of fused-ring (bicyclic) bond motifs is 1. The van der Waals surface area contributed by atoms with E-state index >= 15 is 0 Å². The summed E-state index contributed by atoms with van der Waals surface area (Å²) in [5.41, 5.74) is 8.64. The van der Waals surface area contributed by atoms with E-state index in [0.29, 0.717) is 12.5 Å². The first-order valence-electron chi connectivity index (χ1n) is 7.79. The second-order valence-corrected chi connectivity index (χ2v) is 11.8. The van der Waals surface area contributed by atoms with Gasteiger partial charge in [0.05, 0.1) is 13.6 Å². The molecule has 0 aliphatic rings. The molecule has 0 aliphatic heterocycles. The number of hydrogen-bond donors (Lipinski definition) is 2. The fourth-order valence-electron chi connectivity index (χ4n) is 2.41. The molecule has 0 unspecified atom stereocenters. The fourth-order valence-corrected chi connectivity index (χ4v) is 3.59. The molecule has 1 aromatic heterocycles. The number of anilines is 2. The van der Waals surface area contributed by atoms with Crippen LogP contribution in [0.3, 0.4) is 0 Å². The summed E-state index contributed by atoms with van der Waals surface area (Å²) in [4.78, 5) is 9.04. The van der Waals surface area contributed by atoms with Crippen LogP contribution in [0.5, 0.6) is 0 Å². The Hall–Kier alpha value is -2.24. The Bertz CT molecular complexity index is 823. The summed E-state index contributed by atoms with van der Waals surface area (Å²) in [6, 6.07) is 14.5. The van der Waals surface area contributed by atoms with Gasteiger partial charge in [0.1, 0.15) is 0 Å². The molecule has 0 saturated heterocycles. The summed E-state index contributed by atoms with van der Waals surface area (Å²) < 4.78 is 0. The van der Waals surface area contributed by atoms with Crippen molar-refractivity contribution in [1.82, 2.24) is 9.97 Å². The van der Waals surface area contributed by atoms with Crippen molar-refractivity contribution >= 4 is 35.8 Å². The minimum absolute atomic E-state index is 0.548. The maximum Gasteiger partial charge on any atom is 0.227 e. The van der Waals surface area contributed by atoms with Crippen LogP contribution in [0.15, 0.2) is 48.7 Å². The smallest absolute Gasteiger partial charge is 0.227 e. The average molecular weight is 322 g/mol. The highest BCUT2D eigenvalue weighted by Crippen LogP contribution is 2.17. The number of nitrogens with one attached hydrogen (secondary N) is 1. The molecule has 4 nitrogen and oxygen atoms in total. The Morgan fingerprint density at radius 1 is 1.04 bits per heavy atom. The topological polar surface area (TPSA) is 63.8 Å². The van der Waals surface area contributed by atoms with E-state index in [0.717, 1.165) is 22.2 Å². The van der Waals surface area contributed by atoms with E-state index in [1.54, 1.807) is 0 Å². The van der Waals surface area contributed by atoms with Gasteiger partial charge < -0.3 is 11.1 Å². The SMILES string of the molecule is C[Si](C)(C)c1ccc2nc(Nc3ccc(CN)cc3)ncc2c1. The zero-order valence-corrected chi connectivity index (χ0v) is 14.8. The summed E-state index contributed by atoms with van der Waals surface area (Å²) in [5, 5.41) is 5.75. The molecule has 118 valence electrons. The number of aromatic nitrogens is 2. The molecule has 3 rings (SSSR count). The summed E-state index contributed by atoms with van der Waals surface area (Å²) in [6.07, 6.45) is 1.89. The van der Waals surface area contributed by atoms with Gasteiger partial charge in [-0.05, 0) is 23.8 Å². The Labute approximate surface area is 137 Å². The van der Waals surface area contributed by atoms with Gasteiger partial charge in [0.15, 0.2) is 0 Å². The van der Waals surface area contributed by atoms with Crippen molar-refractivity contribution in [2.75, 3.05) is 5.32 Å². The Morgan fingerprint density at radius 3 is 2.43 bits per heavy atom. The molecule has 3 N–H and O–H groups in total. The van der Waals surface area contributed by atoms with Crippen LogP contribution in [0.4, 0.5) is 11.6 Å². The molecular weight excluding hydrogens is 300 g/mol. The lowest BCUT2D eigenvalue weighted by Crippen LogP contribution is -2.37. The predicted octanol–water partition coefficient (Wildman–Crippen LogP) is 3.38. The van der Waals surface area contributed by atoms with Crippen LogP contribution >= 0.6 is 0 Å². The zero-order valence-electron chi connectivity index (χ0n) is 13.8. The van der Waals surface area contributed by atoms with Gasteiger partial charge in [-0.3, -0.25) is 0 Å². The van der Waals surface area contributed by atoms with Crippen LogP contribution in [0.1, 0.15) is 5.56 Å². The third-order valence-electron chi connectivity index (χ3n) is 3.89. The van der Waals surface area contributed by atoms with E-state index in [4.69, 9.17) is 5.73 Å². The molecule has 0 radical (unpaired) electrons. The number of benzene rings is 2. The van der Waals surface area contributed by atoms with Gasteiger partial charge >= 0.3 is 0 Å². The summed E-state index contributed by atoms with van der Waals surface area (Å²) in [6.45, 7) is 7.58.